The lowest BCUT2D eigenvalue weighted by molar-refractivity contribution is 0.0748. The third-order valence-electron chi connectivity index (χ3n) is 3.91. The summed E-state index contributed by atoms with van der Waals surface area (Å²) in [4.78, 5) is 14.4. The van der Waals surface area contributed by atoms with Gasteiger partial charge in [-0.2, -0.15) is 0 Å². The van der Waals surface area contributed by atoms with Crippen LogP contribution in [0.3, 0.4) is 0 Å². The predicted molar refractivity (Wildman–Crippen MR) is 79.2 cm³/mol. The Morgan fingerprint density at radius 2 is 1.95 bits per heavy atom. The van der Waals surface area contributed by atoms with Crippen molar-refractivity contribution in [2.45, 2.75) is 31.3 Å². The summed E-state index contributed by atoms with van der Waals surface area (Å²) in [6, 6.07) is 8.35. The minimum Gasteiger partial charge on any atom is -0.337 e. The van der Waals surface area contributed by atoms with Crippen molar-refractivity contribution in [3.63, 3.8) is 0 Å². The van der Waals surface area contributed by atoms with E-state index in [9.17, 15) is 4.79 Å². The molecule has 0 aliphatic carbocycles. The van der Waals surface area contributed by atoms with E-state index < -0.39 is 0 Å². The van der Waals surface area contributed by atoms with Gasteiger partial charge in [-0.3, -0.25) is 4.79 Å². The van der Waals surface area contributed by atoms with Crippen molar-refractivity contribution in [3.05, 3.63) is 34.9 Å². The molecule has 2 heterocycles. The van der Waals surface area contributed by atoms with Gasteiger partial charge in [0.2, 0.25) is 0 Å². The molecule has 5 heteroatoms. The van der Waals surface area contributed by atoms with Crippen molar-refractivity contribution in [3.8, 4) is 0 Å². The molecule has 3 rings (SSSR count). The van der Waals surface area contributed by atoms with Gasteiger partial charge in [0.15, 0.2) is 0 Å². The SMILES string of the molecule is Cl.O=C(c1ccccc1Cl)N1CCC2CCC(C1)N2. The quantitative estimate of drug-likeness (QED) is 0.865. The number of hydrogen-bond donors (Lipinski definition) is 1. The number of fused-ring (bicyclic) bond motifs is 2. The van der Waals surface area contributed by atoms with Crippen molar-refractivity contribution in [2.75, 3.05) is 13.1 Å². The smallest absolute Gasteiger partial charge is 0.255 e. The number of rotatable bonds is 1. The molecule has 1 N–H and O–H groups in total. The molecule has 2 aliphatic heterocycles. The first-order chi connectivity index (χ1) is 8.74. The van der Waals surface area contributed by atoms with E-state index in [4.69, 9.17) is 11.6 Å². The van der Waals surface area contributed by atoms with Crippen molar-refractivity contribution < 1.29 is 4.79 Å². The fourth-order valence-corrected chi connectivity index (χ4v) is 3.15. The molecule has 0 aromatic heterocycles. The Kier molecular flexibility index (Phi) is 4.71. The van der Waals surface area contributed by atoms with E-state index in [0.717, 1.165) is 19.5 Å². The van der Waals surface area contributed by atoms with Crippen LogP contribution in [0.5, 0.6) is 0 Å². The number of carbonyl (C=O) groups excluding carboxylic acids is 1. The Morgan fingerprint density at radius 3 is 2.74 bits per heavy atom. The summed E-state index contributed by atoms with van der Waals surface area (Å²) < 4.78 is 0. The van der Waals surface area contributed by atoms with Crippen LogP contribution in [0, 0.1) is 0 Å². The van der Waals surface area contributed by atoms with E-state index in [1.54, 1.807) is 12.1 Å². The highest BCUT2D eigenvalue weighted by molar-refractivity contribution is 6.33. The molecule has 0 saturated carbocycles. The molecule has 2 atom stereocenters. The Hall–Kier alpha value is -0.770. The molecular weight excluding hydrogens is 283 g/mol. The van der Waals surface area contributed by atoms with E-state index in [1.807, 2.05) is 17.0 Å². The lowest BCUT2D eigenvalue weighted by Crippen LogP contribution is -2.39. The van der Waals surface area contributed by atoms with Gasteiger partial charge in [-0.1, -0.05) is 23.7 Å². The van der Waals surface area contributed by atoms with Crippen LogP contribution >= 0.6 is 24.0 Å². The van der Waals surface area contributed by atoms with Crippen LogP contribution in [0.2, 0.25) is 5.02 Å². The molecule has 104 valence electrons. The highest BCUT2D eigenvalue weighted by Gasteiger charge is 2.31. The van der Waals surface area contributed by atoms with Gasteiger partial charge < -0.3 is 10.2 Å². The molecule has 2 saturated heterocycles. The number of likely N-dealkylation sites (tertiary alicyclic amines) is 1. The summed E-state index contributed by atoms with van der Waals surface area (Å²) in [5.41, 5.74) is 0.622. The van der Waals surface area contributed by atoms with Crippen LogP contribution in [0.25, 0.3) is 0 Å². The predicted octanol–water partition coefficient (Wildman–Crippen LogP) is 2.73. The fraction of sp³-hybridized carbons (Fsp3) is 0.500. The third kappa shape index (κ3) is 3.04. The minimum absolute atomic E-state index is 0. The summed E-state index contributed by atoms with van der Waals surface area (Å²) in [6.45, 7) is 1.64. The normalized spacial score (nSPS) is 25.6. The van der Waals surface area contributed by atoms with Crippen molar-refractivity contribution in [2.24, 2.45) is 0 Å². The molecule has 2 fully saturated rings. The summed E-state index contributed by atoms with van der Waals surface area (Å²) >= 11 is 6.10. The number of hydrogen-bond acceptors (Lipinski definition) is 2. The Balaban J connectivity index is 0.00000133. The molecule has 0 radical (unpaired) electrons. The van der Waals surface area contributed by atoms with Gasteiger partial charge in [0.1, 0.15) is 0 Å². The zero-order valence-corrected chi connectivity index (χ0v) is 12.2. The monoisotopic (exact) mass is 300 g/mol. The van der Waals surface area contributed by atoms with Crippen LogP contribution in [0.4, 0.5) is 0 Å². The molecule has 2 bridgehead atoms. The van der Waals surface area contributed by atoms with Gasteiger partial charge in [-0.05, 0) is 31.4 Å². The molecule has 1 amide bonds. The first kappa shape index (κ1) is 14.6. The summed E-state index contributed by atoms with van der Waals surface area (Å²) in [6.07, 6.45) is 3.47. The maximum absolute atomic E-state index is 12.5. The second kappa shape index (κ2) is 6.12. The van der Waals surface area contributed by atoms with E-state index in [0.29, 0.717) is 22.7 Å². The van der Waals surface area contributed by atoms with Crippen LogP contribution < -0.4 is 5.32 Å². The van der Waals surface area contributed by atoms with Gasteiger partial charge in [0.05, 0.1) is 10.6 Å². The lowest BCUT2D eigenvalue weighted by Gasteiger charge is -2.24. The maximum atomic E-state index is 12.5. The minimum atomic E-state index is 0. The number of nitrogens with one attached hydrogen (secondary N) is 1. The van der Waals surface area contributed by atoms with Gasteiger partial charge >= 0.3 is 0 Å². The summed E-state index contributed by atoms with van der Waals surface area (Å²) in [5.74, 6) is 0.0648. The zero-order valence-electron chi connectivity index (χ0n) is 10.6. The van der Waals surface area contributed by atoms with Crippen LogP contribution in [-0.2, 0) is 0 Å². The summed E-state index contributed by atoms with van der Waals surface area (Å²) in [7, 11) is 0. The van der Waals surface area contributed by atoms with Gasteiger partial charge in [-0.25, -0.2) is 0 Å². The van der Waals surface area contributed by atoms with Crippen LogP contribution in [-0.4, -0.2) is 36.0 Å². The van der Waals surface area contributed by atoms with Crippen LogP contribution in [0.1, 0.15) is 29.6 Å². The van der Waals surface area contributed by atoms with Gasteiger partial charge in [-0.15, -0.1) is 12.4 Å². The highest BCUT2D eigenvalue weighted by atomic mass is 35.5. The van der Waals surface area contributed by atoms with E-state index in [2.05, 4.69) is 5.32 Å². The first-order valence-electron chi connectivity index (χ1n) is 6.54. The highest BCUT2D eigenvalue weighted by Crippen LogP contribution is 2.23. The van der Waals surface area contributed by atoms with Crippen molar-refractivity contribution in [1.82, 2.24) is 10.2 Å². The average molecular weight is 301 g/mol. The summed E-state index contributed by atoms with van der Waals surface area (Å²) in [5, 5.41) is 4.12. The standard InChI is InChI=1S/C14H17ClN2O.ClH/c15-13-4-2-1-3-12(13)14(18)17-8-7-10-5-6-11(9-17)16-10;/h1-4,10-11,16H,5-9H2;1H. The zero-order chi connectivity index (χ0) is 12.5. The molecular formula is C14H18Cl2N2O. The lowest BCUT2D eigenvalue weighted by atomic mass is 10.1. The van der Waals surface area contributed by atoms with E-state index in [-0.39, 0.29) is 18.3 Å². The van der Waals surface area contributed by atoms with Crippen molar-refractivity contribution >= 4 is 29.9 Å². The molecule has 3 nitrogen and oxygen atoms in total. The maximum Gasteiger partial charge on any atom is 0.255 e. The number of carbonyl (C=O) groups is 1. The molecule has 2 aliphatic rings. The second-order valence-corrected chi connectivity index (χ2v) is 5.56. The van der Waals surface area contributed by atoms with Crippen molar-refractivity contribution in [1.29, 1.82) is 0 Å². The van der Waals surface area contributed by atoms with E-state index >= 15 is 0 Å². The Morgan fingerprint density at radius 1 is 1.21 bits per heavy atom. The molecule has 19 heavy (non-hydrogen) atoms. The number of amides is 1. The largest absolute Gasteiger partial charge is 0.337 e. The number of nitrogens with zero attached hydrogens (tertiary/aromatic N) is 1. The fourth-order valence-electron chi connectivity index (χ4n) is 2.93. The number of benzene rings is 1. The second-order valence-electron chi connectivity index (χ2n) is 5.16. The molecule has 1 aromatic rings. The Bertz CT molecular complexity index is 467. The average Bonchev–Trinajstić information content (AvgIpc) is 2.69. The molecule has 2 unspecified atom stereocenters. The molecule has 0 spiro atoms. The van der Waals surface area contributed by atoms with Gasteiger partial charge in [0.25, 0.3) is 5.91 Å². The Labute approximate surface area is 124 Å². The van der Waals surface area contributed by atoms with Gasteiger partial charge in [0, 0.05) is 25.2 Å². The molecule has 1 aromatic carbocycles. The number of halogens is 2. The van der Waals surface area contributed by atoms with Crippen LogP contribution in [0.15, 0.2) is 24.3 Å². The van der Waals surface area contributed by atoms with E-state index in [1.165, 1.54) is 12.8 Å². The third-order valence-corrected chi connectivity index (χ3v) is 4.24. The topological polar surface area (TPSA) is 32.3 Å². The first-order valence-corrected chi connectivity index (χ1v) is 6.91.